The van der Waals surface area contributed by atoms with E-state index in [1.54, 1.807) is 0 Å². The Morgan fingerprint density at radius 2 is 1.95 bits per heavy atom. The maximum absolute atomic E-state index is 5.05. The highest BCUT2D eigenvalue weighted by Crippen LogP contribution is 2.44. The van der Waals surface area contributed by atoms with Gasteiger partial charge in [-0.3, -0.25) is 0 Å². The van der Waals surface area contributed by atoms with Gasteiger partial charge in [-0.1, -0.05) is 19.8 Å². The first-order chi connectivity index (χ1) is 9.83. The van der Waals surface area contributed by atoms with E-state index in [1.165, 1.54) is 54.2 Å². The molecule has 0 unspecified atom stereocenters. The number of thiazole rings is 1. The first-order valence-corrected chi connectivity index (χ1v) is 9.12. The summed E-state index contributed by atoms with van der Waals surface area (Å²) in [6.45, 7) is 7.60. The summed E-state index contributed by atoms with van der Waals surface area (Å²) in [6.07, 6.45) is 8.19. The van der Waals surface area contributed by atoms with Crippen molar-refractivity contribution in [1.29, 1.82) is 0 Å². The topological polar surface area (TPSA) is 28.2 Å². The van der Waals surface area contributed by atoms with Gasteiger partial charge in [0.1, 0.15) is 0 Å². The zero-order chi connectivity index (χ0) is 13.9. The minimum atomic E-state index is 0.741. The van der Waals surface area contributed by atoms with E-state index in [9.17, 15) is 0 Å². The minimum absolute atomic E-state index is 0.741. The van der Waals surface area contributed by atoms with Crippen molar-refractivity contribution >= 4 is 16.5 Å². The molecule has 1 N–H and O–H groups in total. The van der Waals surface area contributed by atoms with Gasteiger partial charge in [0.2, 0.25) is 0 Å². The fourth-order valence-corrected chi connectivity index (χ4v) is 4.53. The molecular weight excluding hydrogens is 266 g/mol. The number of aromatic nitrogens is 1. The molecule has 3 rings (SSSR count). The predicted molar refractivity (Wildman–Crippen MR) is 86.7 cm³/mol. The van der Waals surface area contributed by atoms with Gasteiger partial charge in [0.05, 0.1) is 5.69 Å². The first kappa shape index (κ1) is 14.3. The summed E-state index contributed by atoms with van der Waals surface area (Å²) in [5.41, 5.74) is 1.40. The summed E-state index contributed by atoms with van der Waals surface area (Å²) >= 11 is 1.94. The highest BCUT2D eigenvalue weighted by molar-refractivity contribution is 7.15. The Bertz CT molecular complexity index is 433. The van der Waals surface area contributed by atoms with Crippen LogP contribution >= 0.6 is 11.3 Å². The van der Waals surface area contributed by atoms with Crippen LogP contribution in [0.3, 0.4) is 0 Å². The van der Waals surface area contributed by atoms with Gasteiger partial charge in [-0.2, -0.15) is 0 Å². The zero-order valence-electron chi connectivity index (χ0n) is 12.8. The number of anilines is 1. The molecule has 2 saturated carbocycles. The molecule has 3 nitrogen and oxygen atoms in total. The Labute approximate surface area is 126 Å². The Hall–Kier alpha value is -0.610. The second kappa shape index (κ2) is 6.44. The average Bonchev–Trinajstić information content (AvgIpc) is 3.00. The monoisotopic (exact) mass is 293 g/mol. The van der Waals surface area contributed by atoms with Crippen molar-refractivity contribution in [3.05, 3.63) is 10.6 Å². The summed E-state index contributed by atoms with van der Waals surface area (Å²) in [5.74, 6) is 0.760. The van der Waals surface area contributed by atoms with Crippen LogP contribution < -0.4 is 10.2 Å². The Morgan fingerprint density at radius 3 is 2.55 bits per heavy atom. The normalized spacial score (nSPS) is 19.7. The summed E-state index contributed by atoms with van der Waals surface area (Å²) in [7, 11) is 0. The molecule has 0 spiro atoms. The third-order valence-corrected chi connectivity index (χ3v) is 5.68. The van der Waals surface area contributed by atoms with E-state index in [1.807, 2.05) is 11.3 Å². The molecule has 1 aromatic heterocycles. The Morgan fingerprint density at radius 1 is 1.20 bits per heavy atom. The molecule has 0 radical (unpaired) electrons. The summed E-state index contributed by atoms with van der Waals surface area (Å²) < 4.78 is 0. The van der Waals surface area contributed by atoms with E-state index in [4.69, 9.17) is 4.98 Å². The van der Waals surface area contributed by atoms with E-state index >= 15 is 0 Å². The quantitative estimate of drug-likeness (QED) is 0.826. The van der Waals surface area contributed by atoms with Crippen LogP contribution in [0.4, 0.5) is 5.13 Å². The lowest BCUT2D eigenvalue weighted by Crippen LogP contribution is -2.32. The van der Waals surface area contributed by atoms with E-state index in [0.29, 0.717) is 0 Å². The van der Waals surface area contributed by atoms with Crippen LogP contribution in [0, 0.1) is 0 Å². The van der Waals surface area contributed by atoms with Gasteiger partial charge in [-0.05, 0) is 39.2 Å². The lowest BCUT2D eigenvalue weighted by atomic mass is 10.2. The number of rotatable bonds is 7. The summed E-state index contributed by atoms with van der Waals surface area (Å²) in [6, 6.07) is 0.741. The van der Waals surface area contributed by atoms with Crippen LogP contribution in [0.1, 0.15) is 68.9 Å². The van der Waals surface area contributed by atoms with Crippen LogP contribution in [0.5, 0.6) is 0 Å². The van der Waals surface area contributed by atoms with E-state index < -0.39 is 0 Å². The van der Waals surface area contributed by atoms with Gasteiger partial charge in [-0.15, -0.1) is 11.3 Å². The largest absolute Gasteiger partial charge is 0.345 e. The van der Waals surface area contributed by atoms with Crippen LogP contribution in [0.15, 0.2) is 0 Å². The second-order valence-electron chi connectivity index (χ2n) is 6.08. The smallest absolute Gasteiger partial charge is 0.186 e. The zero-order valence-corrected chi connectivity index (χ0v) is 13.6. The van der Waals surface area contributed by atoms with Crippen molar-refractivity contribution in [1.82, 2.24) is 10.3 Å². The molecule has 1 aromatic rings. The van der Waals surface area contributed by atoms with E-state index in [-0.39, 0.29) is 0 Å². The molecule has 2 fully saturated rings. The molecule has 1 heterocycles. The van der Waals surface area contributed by atoms with Crippen LogP contribution in [-0.2, 0) is 6.54 Å². The van der Waals surface area contributed by atoms with Gasteiger partial charge in [0.25, 0.3) is 0 Å². The van der Waals surface area contributed by atoms with Crippen LogP contribution in [0.2, 0.25) is 0 Å². The van der Waals surface area contributed by atoms with Crippen molar-refractivity contribution in [2.45, 2.75) is 70.9 Å². The highest BCUT2D eigenvalue weighted by Gasteiger charge is 2.31. The summed E-state index contributed by atoms with van der Waals surface area (Å²) in [4.78, 5) is 9.10. The number of nitrogens with zero attached hydrogens (tertiary/aromatic N) is 2. The van der Waals surface area contributed by atoms with E-state index in [2.05, 4.69) is 24.1 Å². The maximum Gasteiger partial charge on any atom is 0.186 e. The molecule has 112 valence electrons. The molecule has 4 heteroatoms. The molecular formula is C16H27N3S. The predicted octanol–water partition coefficient (Wildman–Crippen LogP) is 3.90. The fraction of sp³-hybridized carbons (Fsp3) is 0.812. The summed E-state index contributed by atoms with van der Waals surface area (Å²) in [5, 5.41) is 4.77. The van der Waals surface area contributed by atoms with Gasteiger partial charge in [0.15, 0.2) is 5.13 Å². The molecule has 20 heavy (non-hydrogen) atoms. The number of nitrogens with one attached hydrogen (secondary N) is 1. The van der Waals surface area contributed by atoms with Crippen molar-refractivity contribution in [2.24, 2.45) is 0 Å². The molecule has 0 aliphatic heterocycles. The molecule has 2 aliphatic carbocycles. The number of hydrogen-bond acceptors (Lipinski definition) is 4. The van der Waals surface area contributed by atoms with Gasteiger partial charge >= 0.3 is 0 Å². The highest BCUT2D eigenvalue weighted by atomic mass is 32.1. The van der Waals surface area contributed by atoms with E-state index in [0.717, 1.165) is 31.6 Å². The molecule has 0 aromatic carbocycles. The second-order valence-corrected chi connectivity index (χ2v) is 7.15. The first-order valence-electron chi connectivity index (χ1n) is 8.30. The molecule has 0 amide bonds. The molecule has 0 bridgehead atoms. The third-order valence-electron chi connectivity index (χ3n) is 4.57. The third kappa shape index (κ3) is 3.01. The van der Waals surface area contributed by atoms with Crippen molar-refractivity contribution in [2.75, 3.05) is 18.0 Å². The van der Waals surface area contributed by atoms with Crippen molar-refractivity contribution in [3.63, 3.8) is 0 Å². The van der Waals surface area contributed by atoms with Gasteiger partial charge < -0.3 is 10.2 Å². The lowest BCUT2D eigenvalue weighted by Gasteiger charge is -2.26. The minimum Gasteiger partial charge on any atom is -0.345 e. The standard InChI is InChI=1S/C16H27N3S/c1-3-17-11-14-15(12-9-10-12)18-16(20-14)19(4-2)13-7-5-6-8-13/h12-13,17H,3-11H2,1-2H3. The molecule has 2 aliphatic rings. The van der Waals surface area contributed by atoms with Crippen LogP contribution in [-0.4, -0.2) is 24.1 Å². The van der Waals surface area contributed by atoms with Gasteiger partial charge in [-0.25, -0.2) is 4.98 Å². The van der Waals surface area contributed by atoms with Crippen LogP contribution in [0.25, 0.3) is 0 Å². The average molecular weight is 293 g/mol. The SMILES string of the molecule is CCNCc1sc(N(CC)C2CCCC2)nc1C1CC1. The Kier molecular flexibility index (Phi) is 4.61. The maximum atomic E-state index is 5.05. The van der Waals surface area contributed by atoms with Crippen molar-refractivity contribution in [3.8, 4) is 0 Å². The fourth-order valence-electron chi connectivity index (χ4n) is 3.28. The van der Waals surface area contributed by atoms with Gasteiger partial charge in [0, 0.05) is 29.9 Å². The molecule has 0 atom stereocenters. The van der Waals surface area contributed by atoms with Crippen molar-refractivity contribution < 1.29 is 0 Å². The lowest BCUT2D eigenvalue weighted by molar-refractivity contribution is 0.617. The Balaban J connectivity index is 1.80. The number of hydrogen-bond donors (Lipinski definition) is 1. The molecule has 0 saturated heterocycles.